The van der Waals surface area contributed by atoms with Gasteiger partial charge in [0.2, 0.25) is 0 Å². The molecule has 5 nitrogen and oxygen atoms in total. The maximum atomic E-state index is 12.7. The van der Waals surface area contributed by atoms with Gasteiger partial charge in [-0.05, 0) is 31.5 Å². The van der Waals surface area contributed by atoms with Crippen LogP contribution in [0.3, 0.4) is 0 Å². The Morgan fingerprint density at radius 2 is 1.55 bits per heavy atom. The van der Waals surface area contributed by atoms with E-state index in [1.165, 1.54) is 16.7 Å². The number of nitrogens with zero attached hydrogens (tertiary/aromatic N) is 2. The lowest BCUT2D eigenvalue weighted by Crippen LogP contribution is -2.38. The Labute approximate surface area is 181 Å². The highest BCUT2D eigenvalue weighted by Crippen LogP contribution is 2.32. The molecule has 31 heavy (non-hydrogen) atoms. The number of hydrogen-bond donors (Lipinski definition) is 2. The second-order valence-electron chi connectivity index (χ2n) is 8.08. The highest BCUT2D eigenvalue weighted by molar-refractivity contribution is 6.01. The minimum atomic E-state index is -0.356. The van der Waals surface area contributed by atoms with Crippen molar-refractivity contribution in [2.75, 3.05) is 5.32 Å². The molecule has 0 spiro atoms. The van der Waals surface area contributed by atoms with Gasteiger partial charge in [0.15, 0.2) is 0 Å². The predicted octanol–water partition coefficient (Wildman–Crippen LogP) is 5.07. The molecular formula is C26H24N4O. The molecule has 3 aromatic carbocycles. The molecule has 1 aromatic heterocycles. The van der Waals surface area contributed by atoms with Crippen LogP contribution in [0.15, 0.2) is 79.0 Å². The van der Waals surface area contributed by atoms with Crippen LogP contribution in [0.25, 0.3) is 11.3 Å². The Kier molecular flexibility index (Phi) is 4.79. The van der Waals surface area contributed by atoms with E-state index >= 15 is 0 Å². The molecule has 1 aliphatic heterocycles. The number of para-hydroxylation sites is 1. The van der Waals surface area contributed by atoms with Crippen LogP contribution in [0.4, 0.5) is 5.69 Å². The van der Waals surface area contributed by atoms with E-state index < -0.39 is 0 Å². The Morgan fingerprint density at radius 3 is 2.29 bits per heavy atom. The summed E-state index contributed by atoms with van der Waals surface area (Å²) in [7, 11) is 0. The zero-order valence-corrected chi connectivity index (χ0v) is 17.6. The average Bonchev–Trinajstić information content (AvgIpc) is 3.20. The van der Waals surface area contributed by atoms with Gasteiger partial charge in [-0.1, -0.05) is 71.8 Å². The van der Waals surface area contributed by atoms with Gasteiger partial charge in [-0.15, -0.1) is 0 Å². The van der Waals surface area contributed by atoms with Gasteiger partial charge in [-0.25, -0.2) is 0 Å². The predicted molar refractivity (Wildman–Crippen MR) is 123 cm³/mol. The monoisotopic (exact) mass is 408 g/mol. The number of benzene rings is 3. The lowest BCUT2D eigenvalue weighted by Gasteiger charge is -2.27. The number of fused-ring (bicyclic) bond motifs is 1. The fraction of sp³-hybridized carbons (Fsp3) is 0.154. The summed E-state index contributed by atoms with van der Waals surface area (Å²) in [5.74, 6) is -0.0829. The van der Waals surface area contributed by atoms with Gasteiger partial charge in [0.25, 0.3) is 5.91 Å². The Morgan fingerprint density at radius 1 is 0.871 bits per heavy atom. The van der Waals surface area contributed by atoms with Crippen LogP contribution in [-0.2, 0) is 6.54 Å². The van der Waals surface area contributed by atoms with Crippen LogP contribution in [-0.4, -0.2) is 15.7 Å². The zero-order chi connectivity index (χ0) is 21.4. The number of aromatic nitrogens is 2. The van der Waals surface area contributed by atoms with Crippen LogP contribution in [0.5, 0.6) is 0 Å². The number of hydrogen-bond acceptors (Lipinski definition) is 3. The van der Waals surface area contributed by atoms with E-state index in [-0.39, 0.29) is 12.1 Å². The molecular weight excluding hydrogens is 384 g/mol. The third kappa shape index (κ3) is 3.82. The maximum absolute atomic E-state index is 12.7. The minimum Gasteiger partial charge on any atom is -0.361 e. The molecule has 0 bridgehead atoms. The smallest absolute Gasteiger partial charge is 0.255 e. The fourth-order valence-electron chi connectivity index (χ4n) is 3.91. The van der Waals surface area contributed by atoms with Crippen molar-refractivity contribution in [3.05, 3.63) is 107 Å². The van der Waals surface area contributed by atoms with E-state index in [9.17, 15) is 4.79 Å². The standard InChI is InChI=1S/C26H24N4O/c1-17-7-11-19(12-8-17)15-30-16-22(24(29-30)20-13-9-18(2)10-14-20)25-27-23-6-4-3-5-21(23)26(31)28-25/h3-14,16,25,27H,15H2,1-2H3,(H,28,31). The number of aryl methyl sites for hydroxylation is 2. The summed E-state index contributed by atoms with van der Waals surface area (Å²) in [6.45, 7) is 4.82. The first-order chi connectivity index (χ1) is 15.1. The second kappa shape index (κ2) is 7.76. The van der Waals surface area contributed by atoms with Crippen molar-refractivity contribution >= 4 is 11.6 Å². The van der Waals surface area contributed by atoms with Crippen LogP contribution in [0.1, 0.15) is 38.8 Å². The molecule has 2 heterocycles. The van der Waals surface area contributed by atoms with E-state index in [1.807, 2.05) is 35.1 Å². The molecule has 0 saturated carbocycles. The lowest BCUT2D eigenvalue weighted by molar-refractivity contribution is 0.0936. The first-order valence-corrected chi connectivity index (χ1v) is 10.4. The van der Waals surface area contributed by atoms with Gasteiger partial charge < -0.3 is 10.6 Å². The van der Waals surface area contributed by atoms with Crippen molar-refractivity contribution in [2.24, 2.45) is 0 Å². The normalized spacial score (nSPS) is 15.2. The molecule has 1 atom stereocenters. The molecule has 5 rings (SSSR count). The number of amides is 1. The van der Waals surface area contributed by atoms with Crippen molar-refractivity contribution in [1.29, 1.82) is 0 Å². The summed E-state index contributed by atoms with van der Waals surface area (Å²) in [5.41, 5.74) is 7.93. The van der Waals surface area contributed by atoms with Crippen LogP contribution in [0, 0.1) is 13.8 Å². The van der Waals surface area contributed by atoms with Crippen LogP contribution in [0.2, 0.25) is 0 Å². The van der Waals surface area contributed by atoms with Gasteiger partial charge in [-0.3, -0.25) is 9.48 Å². The average molecular weight is 409 g/mol. The summed E-state index contributed by atoms with van der Waals surface area (Å²) >= 11 is 0. The largest absolute Gasteiger partial charge is 0.361 e. The highest BCUT2D eigenvalue weighted by Gasteiger charge is 2.28. The maximum Gasteiger partial charge on any atom is 0.255 e. The third-order valence-corrected chi connectivity index (χ3v) is 5.64. The van der Waals surface area contributed by atoms with Gasteiger partial charge >= 0.3 is 0 Å². The van der Waals surface area contributed by atoms with Crippen molar-refractivity contribution in [3.63, 3.8) is 0 Å². The van der Waals surface area contributed by atoms with Crippen molar-refractivity contribution in [3.8, 4) is 11.3 Å². The number of carbonyl (C=O) groups excluding carboxylic acids is 1. The van der Waals surface area contributed by atoms with E-state index in [0.717, 1.165) is 22.5 Å². The van der Waals surface area contributed by atoms with Gasteiger partial charge in [0.05, 0.1) is 17.8 Å². The first kappa shape index (κ1) is 19.1. The zero-order valence-electron chi connectivity index (χ0n) is 17.6. The van der Waals surface area contributed by atoms with E-state index in [2.05, 4.69) is 73.0 Å². The van der Waals surface area contributed by atoms with Gasteiger partial charge in [0, 0.05) is 23.0 Å². The summed E-state index contributed by atoms with van der Waals surface area (Å²) in [5, 5.41) is 11.5. The molecule has 1 amide bonds. The molecule has 1 aliphatic rings. The molecule has 0 radical (unpaired) electrons. The SMILES string of the molecule is Cc1ccc(Cn2cc(C3NC(=O)c4ccccc4N3)c(-c3ccc(C)cc3)n2)cc1. The summed E-state index contributed by atoms with van der Waals surface area (Å²) < 4.78 is 1.95. The van der Waals surface area contributed by atoms with Crippen LogP contribution < -0.4 is 10.6 Å². The van der Waals surface area contributed by atoms with Crippen molar-refractivity contribution in [2.45, 2.75) is 26.6 Å². The molecule has 2 N–H and O–H groups in total. The van der Waals surface area contributed by atoms with Gasteiger partial charge in [0.1, 0.15) is 6.17 Å². The number of carbonyl (C=O) groups is 1. The summed E-state index contributed by atoms with van der Waals surface area (Å²) in [4.78, 5) is 12.7. The van der Waals surface area contributed by atoms with Crippen molar-refractivity contribution < 1.29 is 4.79 Å². The Balaban J connectivity index is 1.55. The molecule has 5 heteroatoms. The topological polar surface area (TPSA) is 59.0 Å². The van der Waals surface area contributed by atoms with E-state index in [4.69, 9.17) is 5.10 Å². The van der Waals surface area contributed by atoms with Crippen LogP contribution >= 0.6 is 0 Å². The number of rotatable bonds is 4. The van der Waals surface area contributed by atoms with E-state index in [1.54, 1.807) is 0 Å². The minimum absolute atomic E-state index is 0.0829. The number of anilines is 1. The molecule has 0 fully saturated rings. The summed E-state index contributed by atoms with van der Waals surface area (Å²) in [6, 6.07) is 24.4. The second-order valence-corrected chi connectivity index (χ2v) is 8.08. The van der Waals surface area contributed by atoms with E-state index in [0.29, 0.717) is 12.1 Å². The molecule has 0 aliphatic carbocycles. The van der Waals surface area contributed by atoms with Gasteiger partial charge in [-0.2, -0.15) is 5.10 Å². The summed E-state index contributed by atoms with van der Waals surface area (Å²) in [6.07, 6.45) is 1.67. The number of nitrogens with one attached hydrogen (secondary N) is 2. The molecule has 0 saturated heterocycles. The first-order valence-electron chi connectivity index (χ1n) is 10.4. The van der Waals surface area contributed by atoms with Crippen molar-refractivity contribution in [1.82, 2.24) is 15.1 Å². The molecule has 4 aromatic rings. The molecule has 154 valence electrons. The third-order valence-electron chi connectivity index (χ3n) is 5.64. The Hall–Kier alpha value is -3.86. The highest BCUT2D eigenvalue weighted by atomic mass is 16.2. The quantitative estimate of drug-likeness (QED) is 0.496. The fourth-order valence-corrected chi connectivity index (χ4v) is 3.91. The lowest BCUT2D eigenvalue weighted by atomic mass is 10.0. The molecule has 1 unspecified atom stereocenters. The Bertz CT molecular complexity index is 1240.